The predicted molar refractivity (Wildman–Crippen MR) is 172 cm³/mol. The molecule has 0 saturated heterocycles. The monoisotopic (exact) mass is 510 g/mol. The topological polar surface area (TPSA) is 0 Å². The van der Waals surface area contributed by atoms with Crippen LogP contribution in [0.25, 0.3) is 60.1 Å². The second-order valence-electron chi connectivity index (χ2n) is 11.1. The van der Waals surface area contributed by atoms with Gasteiger partial charge in [0.25, 0.3) is 0 Å². The molecule has 0 spiro atoms. The van der Waals surface area contributed by atoms with Gasteiger partial charge in [-0.25, -0.2) is 0 Å². The molecule has 0 radical (unpaired) electrons. The molecule has 0 heteroatoms. The summed E-state index contributed by atoms with van der Waals surface area (Å²) in [7, 11) is 0. The largest absolute Gasteiger partial charge is 0.0836 e. The minimum Gasteiger partial charge on any atom is -0.0836 e. The fraction of sp³-hybridized carbons (Fsp3) is 0.100. The van der Waals surface area contributed by atoms with Gasteiger partial charge in [-0.2, -0.15) is 0 Å². The summed E-state index contributed by atoms with van der Waals surface area (Å²) in [6, 6.07) is 42.7. The standard InChI is InChI=1S/C40H30/c1-3-15-31-27(11-1)13-9-21-32(31)29-23-25-30(26-24-29)39-35-17-5-7-19-37(35)40(38-20-8-6-18-36(38)39)34-22-10-14-28-12-2-4-16-33(28)34/h2-8,10,12,14-26H,1,9,11,13H2. The Labute approximate surface area is 235 Å². The van der Waals surface area contributed by atoms with Gasteiger partial charge in [0.15, 0.2) is 0 Å². The van der Waals surface area contributed by atoms with Gasteiger partial charge >= 0.3 is 0 Å². The maximum atomic E-state index is 2.44. The maximum Gasteiger partial charge on any atom is -0.00201 e. The van der Waals surface area contributed by atoms with E-state index in [0.717, 1.165) is 6.42 Å². The van der Waals surface area contributed by atoms with Crippen LogP contribution in [0.15, 0.2) is 145 Å². The van der Waals surface area contributed by atoms with Crippen LogP contribution >= 0.6 is 0 Å². The van der Waals surface area contributed by atoms with E-state index in [2.05, 4.69) is 133 Å². The van der Waals surface area contributed by atoms with Crippen LogP contribution in [0.4, 0.5) is 0 Å². The summed E-state index contributed by atoms with van der Waals surface area (Å²) in [5, 5.41) is 7.77. The third-order valence-electron chi connectivity index (χ3n) is 8.84. The predicted octanol–water partition coefficient (Wildman–Crippen LogP) is 11.3. The summed E-state index contributed by atoms with van der Waals surface area (Å²) in [5.41, 5.74) is 11.0. The highest BCUT2D eigenvalue weighted by atomic mass is 14.2. The van der Waals surface area contributed by atoms with Crippen molar-refractivity contribution in [3.63, 3.8) is 0 Å². The van der Waals surface area contributed by atoms with Crippen molar-refractivity contribution in [2.75, 3.05) is 0 Å². The van der Waals surface area contributed by atoms with E-state index in [0.29, 0.717) is 0 Å². The summed E-state index contributed by atoms with van der Waals surface area (Å²) < 4.78 is 0. The van der Waals surface area contributed by atoms with Crippen LogP contribution in [0.3, 0.4) is 0 Å². The highest BCUT2D eigenvalue weighted by molar-refractivity contribution is 6.23. The van der Waals surface area contributed by atoms with Crippen molar-refractivity contribution in [2.24, 2.45) is 0 Å². The van der Waals surface area contributed by atoms with Crippen molar-refractivity contribution in [3.05, 3.63) is 150 Å². The Morgan fingerprint density at radius 1 is 0.450 bits per heavy atom. The normalized spacial score (nSPS) is 15.1. The lowest BCUT2D eigenvalue weighted by molar-refractivity contribution is 0.834. The van der Waals surface area contributed by atoms with Crippen molar-refractivity contribution in [1.82, 2.24) is 0 Å². The number of hydrogen-bond acceptors (Lipinski definition) is 0. The van der Waals surface area contributed by atoms with Gasteiger partial charge in [-0.3, -0.25) is 0 Å². The SMILES string of the molecule is C1=CC2=C(CC1)CCC=C2c1ccc(-c2c3ccccc3c(-c3cccc4ccccc34)c3ccccc23)cc1. The van der Waals surface area contributed by atoms with Crippen LogP contribution in [-0.2, 0) is 0 Å². The van der Waals surface area contributed by atoms with Crippen LogP contribution in [-0.4, -0.2) is 0 Å². The van der Waals surface area contributed by atoms with E-state index in [1.165, 1.54) is 90.5 Å². The first-order valence-corrected chi connectivity index (χ1v) is 14.5. The molecule has 40 heavy (non-hydrogen) atoms. The molecular formula is C40H30. The molecule has 0 heterocycles. The molecule has 8 rings (SSSR count). The van der Waals surface area contributed by atoms with Gasteiger partial charge in [-0.05, 0) is 97.0 Å². The molecule has 0 unspecified atom stereocenters. The van der Waals surface area contributed by atoms with Crippen LogP contribution < -0.4 is 0 Å². The van der Waals surface area contributed by atoms with Crippen LogP contribution in [0, 0.1) is 0 Å². The number of rotatable bonds is 3. The zero-order valence-corrected chi connectivity index (χ0v) is 22.5. The molecule has 0 bridgehead atoms. The molecule has 0 nitrogen and oxygen atoms in total. The molecule has 0 saturated carbocycles. The molecule has 0 aliphatic heterocycles. The first-order chi connectivity index (χ1) is 19.9. The van der Waals surface area contributed by atoms with Crippen molar-refractivity contribution in [1.29, 1.82) is 0 Å². The Kier molecular flexibility index (Phi) is 5.52. The average Bonchev–Trinajstić information content (AvgIpc) is 3.03. The third-order valence-corrected chi connectivity index (χ3v) is 8.84. The molecule has 6 aromatic carbocycles. The van der Waals surface area contributed by atoms with E-state index < -0.39 is 0 Å². The van der Waals surface area contributed by atoms with Gasteiger partial charge in [0.1, 0.15) is 0 Å². The smallest absolute Gasteiger partial charge is 0.00201 e. The minimum atomic E-state index is 1.15. The molecule has 0 fully saturated rings. The van der Waals surface area contributed by atoms with Gasteiger partial charge in [0, 0.05) is 0 Å². The Balaban J connectivity index is 1.35. The lowest BCUT2D eigenvalue weighted by Crippen LogP contribution is -2.02. The zero-order valence-electron chi connectivity index (χ0n) is 22.5. The summed E-state index contributed by atoms with van der Waals surface area (Å²) in [4.78, 5) is 0. The van der Waals surface area contributed by atoms with Gasteiger partial charge in [0.05, 0.1) is 0 Å². The van der Waals surface area contributed by atoms with Crippen molar-refractivity contribution < 1.29 is 0 Å². The number of hydrogen-bond donors (Lipinski definition) is 0. The van der Waals surface area contributed by atoms with Crippen LogP contribution in [0.5, 0.6) is 0 Å². The second-order valence-corrected chi connectivity index (χ2v) is 11.1. The quantitative estimate of drug-likeness (QED) is 0.208. The van der Waals surface area contributed by atoms with E-state index in [4.69, 9.17) is 0 Å². The van der Waals surface area contributed by atoms with Gasteiger partial charge < -0.3 is 0 Å². The fourth-order valence-corrected chi connectivity index (χ4v) is 7.01. The number of fused-ring (bicyclic) bond motifs is 3. The summed E-state index contributed by atoms with van der Waals surface area (Å²) in [6.45, 7) is 0. The molecule has 0 atom stereocenters. The number of allylic oxidation sites excluding steroid dienone is 6. The van der Waals surface area contributed by atoms with Crippen molar-refractivity contribution >= 4 is 37.9 Å². The van der Waals surface area contributed by atoms with Crippen LogP contribution in [0.1, 0.15) is 31.2 Å². The Morgan fingerprint density at radius 3 is 1.75 bits per heavy atom. The molecule has 2 aliphatic carbocycles. The first-order valence-electron chi connectivity index (χ1n) is 14.5. The minimum absolute atomic E-state index is 1.15. The molecular weight excluding hydrogens is 480 g/mol. The molecule has 190 valence electrons. The molecule has 2 aliphatic rings. The summed E-state index contributed by atoms with van der Waals surface area (Å²) in [6.07, 6.45) is 11.9. The average molecular weight is 511 g/mol. The van der Waals surface area contributed by atoms with Crippen LogP contribution in [0.2, 0.25) is 0 Å². The van der Waals surface area contributed by atoms with Crippen molar-refractivity contribution in [3.8, 4) is 22.3 Å². The first kappa shape index (κ1) is 23.2. The maximum absolute atomic E-state index is 2.44. The number of benzene rings is 6. The van der Waals surface area contributed by atoms with Gasteiger partial charge in [-0.15, -0.1) is 0 Å². The van der Waals surface area contributed by atoms with Crippen molar-refractivity contribution in [2.45, 2.75) is 25.7 Å². The third kappa shape index (κ3) is 3.67. The Hall–Kier alpha value is -4.68. The summed E-state index contributed by atoms with van der Waals surface area (Å²) in [5.74, 6) is 0. The van der Waals surface area contributed by atoms with E-state index in [1.807, 2.05) is 0 Å². The second kappa shape index (κ2) is 9.50. The highest BCUT2D eigenvalue weighted by Crippen LogP contribution is 2.45. The Bertz CT molecular complexity index is 1960. The zero-order chi connectivity index (χ0) is 26.5. The highest BCUT2D eigenvalue weighted by Gasteiger charge is 2.20. The fourth-order valence-electron chi connectivity index (χ4n) is 7.01. The van der Waals surface area contributed by atoms with E-state index in [9.17, 15) is 0 Å². The lowest BCUT2D eigenvalue weighted by atomic mass is 9.81. The van der Waals surface area contributed by atoms with E-state index >= 15 is 0 Å². The van der Waals surface area contributed by atoms with E-state index in [1.54, 1.807) is 5.57 Å². The van der Waals surface area contributed by atoms with E-state index in [-0.39, 0.29) is 0 Å². The van der Waals surface area contributed by atoms with Gasteiger partial charge in [-0.1, -0.05) is 139 Å². The molecule has 0 amide bonds. The lowest BCUT2D eigenvalue weighted by Gasteiger charge is -2.23. The van der Waals surface area contributed by atoms with Gasteiger partial charge in [0.2, 0.25) is 0 Å². The molecule has 0 aromatic heterocycles. The Morgan fingerprint density at radius 2 is 1.02 bits per heavy atom. The summed E-state index contributed by atoms with van der Waals surface area (Å²) >= 11 is 0. The molecule has 6 aromatic rings. The molecule has 0 N–H and O–H groups in total.